The largest absolute Gasteiger partial charge is 0.494 e. The molecule has 0 atom stereocenters. The van der Waals surface area contributed by atoms with Gasteiger partial charge in [-0.15, -0.1) is 0 Å². The molecule has 152 valence electrons. The quantitative estimate of drug-likeness (QED) is 0.620. The van der Waals surface area contributed by atoms with E-state index >= 15 is 0 Å². The molecule has 1 aliphatic rings. The van der Waals surface area contributed by atoms with Gasteiger partial charge >= 0.3 is 0 Å². The van der Waals surface area contributed by atoms with Gasteiger partial charge in [0.15, 0.2) is 6.54 Å². The maximum Gasteiger partial charge on any atom is 0.275 e. The standard InChI is InChI=1S/C19H31N3O4S/c1-4-26-17-5-7-18(8-6-17)27(24,25)22-13-11-21(12-14-22)15-19(23)20-10-9-16(2)3/h5-8,16H,4,9-15H2,1-3H3,(H,20,23)/p+1. The van der Waals surface area contributed by atoms with Crippen molar-refractivity contribution in [1.29, 1.82) is 0 Å². The van der Waals surface area contributed by atoms with Crippen LogP contribution >= 0.6 is 0 Å². The molecule has 0 spiro atoms. The summed E-state index contributed by atoms with van der Waals surface area (Å²) < 4.78 is 32.4. The molecule has 0 saturated carbocycles. The monoisotopic (exact) mass is 398 g/mol. The summed E-state index contributed by atoms with van der Waals surface area (Å²) >= 11 is 0. The van der Waals surface area contributed by atoms with E-state index in [1.54, 1.807) is 24.3 Å². The van der Waals surface area contributed by atoms with Gasteiger partial charge < -0.3 is 15.0 Å². The van der Waals surface area contributed by atoms with E-state index in [9.17, 15) is 13.2 Å². The van der Waals surface area contributed by atoms with Crippen molar-refractivity contribution >= 4 is 15.9 Å². The highest BCUT2D eigenvalue weighted by Crippen LogP contribution is 2.19. The number of carbonyl (C=O) groups excluding carboxylic acids is 1. The zero-order chi connectivity index (χ0) is 19.9. The highest BCUT2D eigenvalue weighted by atomic mass is 32.2. The van der Waals surface area contributed by atoms with Crippen LogP contribution in [-0.4, -0.2) is 64.5 Å². The van der Waals surface area contributed by atoms with Crippen molar-refractivity contribution in [3.05, 3.63) is 24.3 Å². The molecule has 2 rings (SSSR count). The maximum atomic E-state index is 12.8. The van der Waals surface area contributed by atoms with E-state index in [0.717, 1.165) is 11.3 Å². The number of sulfonamides is 1. The number of hydrogen-bond acceptors (Lipinski definition) is 4. The lowest BCUT2D eigenvalue weighted by Gasteiger charge is -2.31. The van der Waals surface area contributed by atoms with Gasteiger partial charge in [-0.2, -0.15) is 4.31 Å². The van der Waals surface area contributed by atoms with Crippen LogP contribution in [0.15, 0.2) is 29.2 Å². The molecule has 1 aromatic rings. The van der Waals surface area contributed by atoms with Gasteiger partial charge in [-0.25, -0.2) is 8.42 Å². The smallest absolute Gasteiger partial charge is 0.275 e. The van der Waals surface area contributed by atoms with E-state index in [2.05, 4.69) is 19.2 Å². The molecule has 1 saturated heterocycles. The Labute approximate surface area is 162 Å². The number of ether oxygens (including phenoxy) is 1. The van der Waals surface area contributed by atoms with E-state index in [-0.39, 0.29) is 10.8 Å². The first kappa shape index (κ1) is 21.7. The molecule has 2 N–H and O–H groups in total. The molecule has 0 aliphatic carbocycles. The SMILES string of the molecule is CCOc1ccc(S(=O)(=O)N2CC[NH+](CC(=O)NCCC(C)C)CC2)cc1. The van der Waals surface area contributed by atoms with Gasteiger partial charge in [-0.05, 0) is 43.5 Å². The lowest BCUT2D eigenvalue weighted by atomic mass is 10.1. The molecule has 8 heteroatoms. The molecular formula is C19H32N3O4S+. The zero-order valence-corrected chi connectivity index (χ0v) is 17.3. The Bertz CT molecular complexity index is 696. The van der Waals surface area contributed by atoms with Crippen molar-refractivity contribution in [1.82, 2.24) is 9.62 Å². The highest BCUT2D eigenvalue weighted by Gasteiger charge is 2.31. The Hall–Kier alpha value is -1.64. The number of nitrogens with one attached hydrogen (secondary N) is 2. The van der Waals surface area contributed by atoms with Gasteiger partial charge in [-0.1, -0.05) is 13.8 Å². The fourth-order valence-electron chi connectivity index (χ4n) is 3.03. The molecule has 1 fully saturated rings. The molecule has 27 heavy (non-hydrogen) atoms. The third kappa shape index (κ3) is 6.48. The molecule has 0 aromatic heterocycles. The van der Waals surface area contributed by atoms with Gasteiger partial charge in [0.2, 0.25) is 10.0 Å². The van der Waals surface area contributed by atoms with Crippen LogP contribution in [0.5, 0.6) is 5.75 Å². The molecule has 0 radical (unpaired) electrons. The van der Waals surface area contributed by atoms with E-state index < -0.39 is 10.0 Å². The van der Waals surface area contributed by atoms with Gasteiger partial charge in [0.25, 0.3) is 5.91 Å². The second-order valence-electron chi connectivity index (χ2n) is 7.27. The summed E-state index contributed by atoms with van der Waals surface area (Å²) in [5.41, 5.74) is 0. The van der Waals surface area contributed by atoms with Crippen LogP contribution in [0.1, 0.15) is 27.2 Å². The van der Waals surface area contributed by atoms with Crippen molar-refractivity contribution in [3.63, 3.8) is 0 Å². The first-order valence-corrected chi connectivity index (χ1v) is 11.1. The average Bonchev–Trinajstić information content (AvgIpc) is 2.62. The van der Waals surface area contributed by atoms with Crippen molar-refractivity contribution in [2.24, 2.45) is 5.92 Å². The number of piperazine rings is 1. The molecule has 1 amide bonds. The number of nitrogens with zero attached hydrogens (tertiary/aromatic N) is 1. The third-order valence-corrected chi connectivity index (χ3v) is 6.57. The topological polar surface area (TPSA) is 80.2 Å². The minimum absolute atomic E-state index is 0.0356. The Morgan fingerprint density at radius 2 is 1.85 bits per heavy atom. The van der Waals surface area contributed by atoms with E-state index in [1.807, 2.05) is 6.92 Å². The van der Waals surface area contributed by atoms with Gasteiger partial charge in [0.1, 0.15) is 5.75 Å². The normalized spacial score (nSPS) is 16.4. The van der Waals surface area contributed by atoms with Gasteiger partial charge in [-0.3, -0.25) is 4.79 Å². The van der Waals surface area contributed by atoms with Crippen LogP contribution in [-0.2, 0) is 14.8 Å². The van der Waals surface area contributed by atoms with Crippen molar-refractivity contribution in [3.8, 4) is 5.75 Å². The van der Waals surface area contributed by atoms with Crippen LogP contribution in [0.25, 0.3) is 0 Å². The summed E-state index contributed by atoms with van der Waals surface area (Å²) in [6.45, 7) is 9.88. The summed E-state index contributed by atoms with van der Waals surface area (Å²) in [6, 6.07) is 6.53. The number of quaternary nitrogens is 1. The van der Waals surface area contributed by atoms with Crippen LogP contribution < -0.4 is 15.0 Å². The van der Waals surface area contributed by atoms with Crippen molar-refractivity contribution < 1.29 is 22.8 Å². The predicted molar refractivity (Wildman–Crippen MR) is 104 cm³/mol. The summed E-state index contributed by atoms with van der Waals surface area (Å²) in [7, 11) is -3.51. The van der Waals surface area contributed by atoms with E-state index in [4.69, 9.17) is 4.74 Å². The molecule has 1 aliphatic heterocycles. The first-order chi connectivity index (χ1) is 12.8. The number of amides is 1. The molecule has 0 unspecified atom stereocenters. The lowest BCUT2D eigenvalue weighted by molar-refractivity contribution is -0.895. The van der Waals surface area contributed by atoms with Crippen molar-refractivity contribution in [2.75, 3.05) is 45.9 Å². The molecular weight excluding hydrogens is 366 g/mol. The average molecular weight is 399 g/mol. The highest BCUT2D eigenvalue weighted by molar-refractivity contribution is 7.89. The van der Waals surface area contributed by atoms with E-state index in [0.29, 0.717) is 57.5 Å². The molecule has 7 nitrogen and oxygen atoms in total. The van der Waals surface area contributed by atoms with Crippen LogP contribution in [0.4, 0.5) is 0 Å². The molecule has 1 heterocycles. The summed E-state index contributed by atoms with van der Waals surface area (Å²) in [5, 5.41) is 2.94. The minimum Gasteiger partial charge on any atom is -0.494 e. The summed E-state index contributed by atoms with van der Waals surface area (Å²) in [5.74, 6) is 1.26. The Kier molecular flexibility index (Phi) is 8.07. The maximum absolute atomic E-state index is 12.8. The van der Waals surface area contributed by atoms with Crippen molar-refractivity contribution in [2.45, 2.75) is 32.1 Å². The Morgan fingerprint density at radius 1 is 1.22 bits per heavy atom. The van der Waals surface area contributed by atoms with Crippen LogP contribution in [0.3, 0.4) is 0 Å². The number of rotatable bonds is 9. The van der Waals surface area contributed by atoms with Gasteiger partial charge in [0, 0.05) is 6.54 Å². The lowest BCUT2D eigenvalue weighted by Crippen LogP contribution is -3.15. The zero-order valence-electron chi connectivity index (χ0n) is 16.5. The minimum atomic E-state index is -3.51. The number of hydrogen-bond donors (Lipinski definition) is 2. The fourth-order valence-corrected chi connectivity index (χ4v) is 4.47. The second kappa shape index (κ2) is 10.1. The second-order valence-corrected chi connectivity index (χ2v) is 9.21. The van der Waals surface area contributed by atoms with Crippen LogP contribution in [0, 0.1) is 5.92 Å². The molecule has 1 aromatic carbocycles. The summed E-state index contributed by atoms with van der Waals surface area (Å²) in [4.78, 5) is 13.4. The summed E-state index contributed by atoms with van der Waals surface area (Å²) in [6.07, 6.45) is 0.967. The molecule has 0 bridgehead atoms. The third-order valence-electron chi connectivity index (χ3n) is 4.66. The van der Waals surface area contributed by atoms with Crippen LogP contribution in [0.2, 0.25) is 0 Å². The Balaban J connectivity index is 1.84. The van der Waals surface area contributed by atoms with E-state index in [1.165, 1.54) is 4.31 Å². The van der Waals surface area contributed by atoms with Gasteiger partial charge in [0.05, 0.1) is 37.7 Å². The number of carbonyl (C=O) groups is 1. The number of benzene rings is 1. The Morgan fingerprint density at radius 3 is 2.41 bits per heavy atom. The first-order valence-electron chi connectivity index (χ1n) is 9.66. The fraction of sp³-hybridized carbons (Fsp3) is 0.632. The predicted octanol–water partition coefficient (Wildman–Crippen LogP) is 0.137.